The fourth-order valence-electron chi connectivity index (χ4n) is 1.82. The maximum absolute atomic E-state index is 13.2. The van der Waals surface area contributed by atoms with Gasteiger partial charge in [0.1, 0.15) is 11.6 Å². The first kappa shape index (κ1) is 11.3. The molecule has 3 nitrogen and oxygen atoms in total. The van der Waals surface area contributed by atoms with Crippen molar-refractivity contribution in [1.29, 1.82) is 0 Å². The summed E-state index contributed by atoms with van der Waals surface area (Å²) in [5, 5.41) is 0. The fraction of sp³-hybridized carbons (Fsp3) is 0.0769. The van der Waals surface area contributed by atoms with Crippen LogP contribution in [0.25, 0.3) is 22.6 Å². The number of nitrogens with one attached hydrogen (secondary N) is 1. The number of aromatic amines is 1. The summed E-state index contributed by atoms with van der Waals surface area (Å²) in [4.78, 5) is 11.8. The van der Waals surface area contributed by atoms with Gasteiger partial charge in [-0.05, 0) is 52.7 Å². The molecular formula is C13H9BrFN3. The summed E-state index contributed by atoms with van der Waals surface area (Å²) >= 11 is 3.17. The molecule has 0 aliphatic carbocycles. The molecule has 0 aliphatic heterocycles. The molecule has 0 spiro atoms. The predicted octanol–water partition coefficient (Wildman–Crippen LogP) is 3.83. The normalized spacial score (nSPS) is 11.1. The van der Waals surface area contributed by atoms with E-state index in [2.05, 4.69) is 30.9 Å². The van der Waals surface area contributed by atoms with Gasteiger partial charge in [-0.2, -0.15) is 0 Å². The lowest BCUT2D eigenvalue weighted by molar-refractivity contribution is 0.621. The van der Waals surface area contributed by atoms with Crippen LogP contribution in [0.3, 0.4) is 0 Å². The first-order valence-corrected chi connectivity index (χ1v) is 6.21. The highest BCUT2D eigenvalue weighted by Gasteiger charge is 2.09. The summed E-state index contributed by atoms with van der Waals surface area (Å²) in [6, 6.07) is 6.72. The molecule has 2 aromatic heterocycles. The second-order valence-electron chi connectivity index (χ2n) is 4.04. The van der Waals surface area contributed by atoms with Crippen LogP contribution in [0.1, 0.15) is 5.56 Å². The van der Waals surface area contributed by atoms with Crippen molar-refractivity contribution in [2.45, 2.75) is 6.92 Å². The molecule has 0 aliphatic rings. The minimum absolute atomic E-state index is 0.288. The fourth-order valence-corrected chi connectivity index (χ4v) is 2.19. The van der Waals surface area contributed by atoms with Crippen LogP contribution in [0.2, 0.25) is 0 Å². The molecule has 0 atom stereocenters. The molecule has 3 aromatic rings. The summed E-state index contributed by atoms with van der Waals surface area (Å²) < 4.78 is 13.6. The number of pyridine rings is 1. The summed E-state index contributed by atoms with van der Waals surface area (Å²) in [5.74, 6) is 0.400. The molecule has 3 rings (SSSR count). The lowest BCUT2D eigenvalue weighted by atomic mass is 10.2. The Kier molecular flexibility index (Phi) is 2.63. The third-order valence-electron chi connectivity index (χ3n) is 2.79. The molecule has 0 radical (unpaired) electrons. The number of halogens is 2. The van der Waals surface area contributed by atoms with Gasteiger partial charge in [0.05, 0.1) is 9.99 Å². The first-order valence-electron chi connectivity index (χ1n) is 5.42. The van der Waals surface area contributed by atoms with Crippen molar-refractivity contribution >= 4 is 27.1 Å². The van der Waals surface area contributed by atoms with E-state index in [1.54, 1.807) is 18.3 Å². The van der Waals surface area contributed by atoms with E-state index in [9.17, 15) is 4.39 Å². The van der Waals surface area contributed by atoms with E-state index in [4.69, 9.17) is 0 Å². The number of hydrogen-bond acceptors (Lipinski definition) is 2. The smallest absolute Gasteiger partial charge is 0.178 e. The Bertz CT molecular complexity index is 736. The van der Waals surface area contributed by atoms with Crippen LogP contribution >= 0.6 is 15.9 Å². The van der Waals surface area contributed by atoms with E-state index in [1.165, 1.54) is 6.07 Å². The third kappa shape index (κ3) is 1.80. The van der Waals surface area contributed by atoms with Gasteiger partial charge in [-0.3, -0.25) is 0 Å². The van der Waals surface area contributed by atoms with E-state index < -0.39 is 0 Å². The highest BCUT2D eigenvalue weighted by molar-refractivity contribution is 9.10. The molecule has 1 aromatic carbocycles. The van der Waals surface area contributed by atoms with Gasteiger partial charge in [-0.25, -0.2) is 14.4 Å². The Balaban J connectivity index is 2.19. The van der Waals surface area contributed by atoms with Crippen molar-refractivity contribution in [1.82, 2.24) is 15.0 Å². The van der Waals surface area contributed by atoms with Crippen LogP contribution in [0, 0.1) is 12.7 Å². The molecule has 18 heavy (non-hydrogen) atoms. The molecule has 0 saturated heterocycles. The van der Waals surface area contributed by atoms with E-state index in [0.29, 0.717) is 15.9 Å². The third-order valence-corrected chi connectivity index (χ3v) is 3.40. The van der Waals surface area contributed by atoms with Crippen LogP contribution < -0.4 is 0 Å². The zero-order valence-corrected chi connectivity index (χ0v) is 11.1. The number of fused-ring (bicyclic) bond motifs is 1. The molecular weight excluding hydrogens is 297 g/mol. The maximum atomic E-state index is 13.2. The van der Waals surface area contributed by atoms with Crippen LogP contribution in [-0.2, 0) is 0 Å². The number of aryl methyl sites for hydroxylation is 1. The van der Waals surface area contributed by atoms with Gasteiger partial charge in [0.2, 0.25) is 0 Å². The first-order chi connectivity index (χ1) is 8.65. The monoisotopic (exact) mass is 305 g/mol. The van der Waals surface area contributed by atoms with Crippen molar-refractivity contribution in [3.63, 3.8) is 0 Å². The van der Waals surface area contributed by atoms with E-state index in [-0.39, 0.29) is 5.82 Å². The number of nitrogens with zero attached hydrogens (tertiary/aromatic N) is 2. The largest absolute Gasteiger partial charge is 0.336 e. The molecule has 2 heterocycles. The Morgan fingerprint density at radius 3 is 2.83 bits per heavy atom. The van der Waals surface area contributed by atoms with Crippen LogP contribution in [0.4, 0.5) is 4.39 Å². The highest BCUT2D eigenvalue weighted by atomic mass is 79.9. The maximum Gasteiger partial charge on any atom is 0.178 e. The van der Waals surface area contributed by atoms with Crippen LogP contribution in [0.5, 0.6) is 0 Å². The standard InChI is InChI=1S/C13H9BrFN3/c1-7-4-5-16-13-11(7)17-12(18-13)8-2-3-10(15)9(14)6-8/h2-6H,1H3,(H,16,17,18). The lowest BCUT2D eigenvalue weighted by Crippen LogP contribution is -1.83. The van der Waals surface area contributed by atoms with Crippen molar-refractivity contribution in [3.05, 3.63) is 46.3 Å². The Morgan fingerprint density at radius 1 is 1.28 bits per heavy atom. The molecule has 1 N–H and O–H groups in total. The average Bonchev–Trinajstić information content (AvgIpc) is 2.78. The molecule has 0 saturated carbocycles. The van der Waals surface area contributed by atoms with Gasteiger partial charge in [0.25, 0.3) is 0 Å². The Morgan fingerprint density at radius 2 is 2.11 bits per heavy atom. The lowest BCUT2D eigenvalue weighted by Gasteiger charge is -1.98. The number of hydrogen-bond donors (Lipinski definition) is 1. The second-order valence-corrected chi connectivity index (χ2v) is 4.90. The van der Waals surface area contributed by atoms with Gasteiger partial charge in [0, 0.05) is 11.8 Å². The minimum atomic E-state index is -0.288. The number of rotatable bonds is 1. The van der Waals surface area contributed by atoms with Gasteiger partial charge in [-0.15, -0.1) is 0 Å². The summed E-state index contributed by atoms with van der Waals surface area (Å²) in [6.45, 7) is 1.99. The van der Waals surface area contributed by atoms with Gasteiger partial charge < -0.3 is 4.98 Å². The molecule has 5 heteroatoms. The highest BCUT2D eigenvalue weighted by Crippen LogP contribution is 2.25. The van der Waals surface area contributed by atoms with Crippen LogP contribution in [-0.4, -0.2) is 15.0 Å². The number of aromatic nitrogens is 3. The van der Waals surface area contributed by atoms with Gasteiger partial charge >= 0.3 is 0 Å². The number of benzene rings is 1. The topological polar surface area (TPSA) is 41.6 Å². The number of imidazole rings is 1. The molecule has 0 unspecified atom stereocenters. The minimum Gasteiger partial charge on any atom is -0.336 e. The van der Waals surface area contributed by atoms with Crippen molar-refractivity contribution in [3.8, 4) is 11.4 Å². The summed E-state index contributed by atoms with van der Waals surface area (Å²) in [6.07, 6.45) is 1.73. The molecule has 0 fully saturated rings. The quantitative estimate of drug-likeness (QED) is 0.742. The second kappa shape index (κ2) is 4.17. The van der Waals surface area contributed by atoms with Crippen LogP contribution in [0.15, 0.2) is 34.9 Å². The van der Waals surface area contributed by atoms with Crippen molar-refractivity contribution in [2.75, 3.05) is 0 Å². The van der Waals surface area contributed by atoms with Gasteiger partial charge in [0.15, 0.2) is 5.65 Å². The molecule has 0 bridgehead atoms. The van der Waals surface area contributed by atoms with Gasteiger partial charge in [-0.1, -0.05) is 0 Å². The Hall–Kier alpha value is -1.75. The predicted molar refractivity (Wildman–Crippen MR) is 71.7 cm³/mol. The molecule has 90 valence electrons. The van der Waals surface area contributed by atoms with E-state index in [0.717, 1.165) is 16.6 Å². The van der Waals surface area contributed by atoms with Crippen molar-refractivity contribution in [2.24, 2.45) is 0 Å². The van der Waals surface area contributed by atoms with E-state index >= 15 is 0 Å². The van der Waals surface area contributed by atoms with E-state index in [1.807, 2.05) is 13.0 Å². The average molecular weight is 306 g/mol. The Labute approximate surface area is 111 Å². The summed E-state index contributed by atoms with van der Waals surface area (Å²) in [7, 11) is 0. The SMILES string of the molecule is Cc1ccnc2nc(-c3ccc(F)c(Br)c3)[nH]c12. The zero-order chi connectivity index (χ0) is 12.7. The zero-order valence-electron chi connectivity index (χ0n) is 9.54. The molecule has 0 amide bonds. The summed E-state index contributed by atoms with van der Waals surface area (Å²) in [5.41, 5.74) is 3.49. The van der Waals surface area contributed by atoms with Crippen molar-refractivity contribution < 1.29 is 4.39 Å². The number of H-pyrrole nitrogens is 1.